The number of nitrogens with zero attached hydrogens (tertiary/aromatic N) is 4. The van der Waals surface area contributed by atoms with Gasteiger partial charge in [-0.25, -0.2) is 9.97 Å². The molecule has 0 bridgehead atoms. The van der Waals surface area contributed by atoms with Crippen LogP contribution in [0.25, 0.3) is 0 Å². The summed E-state index contributed by atoms with van der Waals surface area (Å²) in [5.74, 6) is -0.203. The van der Waals surface area contributed by atoms with E-state index in [0.717, 1.165) is 12.8 Å². The molecule has 0 spiro atoms. The fourth-order valence-electron chi connectivity index (χ4n) is 2.22. The number of carbonyl (C=O) groups excluding carboxylic acids is 2. The normalized spacial score (nSPS) is 17.5. The third-order valence-corrected chi connectivity index (χ3v) is 3.27. The van der Waals surface area contributed by atoms with Crippen LogP contribution in [0.1, 0.15) is 25.5 Å². The number of hydrogen-bond acceptors (Lipinski definition) is 6. The lowest BCUT2D eigenvalue weighted by atomic mass is 10.1. The summed E-state index contributed by atoms with van der Waals surface area (Å²) in [5, 5.41) is 11.5. The van der Waals surface area contributed by atoms with E-state index in [9.17, 15) is 9.59 Å². The first-order valence-electron chi connectivity index (χ1n) is 7.00. The van der Waals surface area contributed by atoms with E-state index in [1.807, 2.05) is 6.07 Å². The fourth-order valence-corrected chi connectivity index (χ4v) is 2.22. The van der Waals surface area contributed by atoms with Crippen molar-refractivity contribution in [1.82, 2.24) is 20.2 Å². The third kappa shape index (κ3) is 4.15. The van der Waals surface area contributed by atoms with Crippen molar-refractivity contribution in [3.63, 3.8) is 0 Å². The highest BCUT2D eigenvalue weighted by Crippen LogP contribution is 2.18. The van der Waals surface area contributed by atoms with E-state index >= 15 is 0 Å². The molecule has 1 atom stereocenters. The summed E-state index contributed by atoms with van der Waals surface area (Å²) in [7, 11) is 0. The predicted octanol–water partition coefficient (Wildman–Crippen LogP) is -0.146. The van der Waals surface area contributed by atoms with Gasteiger partial charge in [0.2, 0.25) is 17.5 Å². The van der Waals surface area contributed by atoms with E-state index in [-0.39, 0.29) is 36.0 Å². The minimum atomic E-state index is -0.239. The zero-order valence-corrected chi connectivity index (χ0v) is 12.3. The van der Waals surface area contributed by atoms with Gasteiger partial charge < -0.3 is 15.0 Å². The van der Waals surface area contributed by atoms with Crippen molar-refractivity contribution in [2.45, 2.75) is 25.9 Å². The Labute approximate surface area is 128 Å². The van der Waals surface area contributed by atoms with Crippen LogP contribution in [-0.4, -0.2) is 52.4 Å². The maximum absolute atomic E-state index is 12.0. The molecule has 1 aliphatic heterocycles. The molecule has 2 amide bonds. The SMILES string of the molecule is CC(=O)NCC(=O)N1CCC[C@H](Oc2nccnc2C#N)C1. The molecule has 0 aromatic carbocycles. The van der Waals surface area contributed by atoms with E-state index in [0.29, 0.717) is 13.1 Å². The minimum Gasteiger partial charge on any atom is -0.470 e. The summed E-state index contributed by atoms with van der Waals surface area (Å²) in [6, 6.07) is 1.93. The molecule has 0 saturated carbocycles. The van der Waals surface area contributed by atoms with E-state index in [2.05, 4.69) is 15.3 Å². The van der Waals surface area contributed by atoms with Crippen molar-refractivity contribution in [3.05, 3.63) is 18.1 Å². The quantitative estimate of drug-likeness (QED) is 0.829. The zero-order chi connectivity index (χ0) is 15.9. The van der Waals surface area contributed by atoms with Crippen LogP contribution in [0.5, 0.6) is 5.88 Å². The van der Waals surface area contributed by atoms with Crippen LogP contribution in [0.3, 0.4) is 0 Å². The van der Waals surface area contributed by atoms with Gasteiger partial charge in [-0.1, -0.05) is 0 Å². The minimum absolute atomic E-state index is 0.0172. The number of hydrogen-bond donors (Lipinski definition) is 1. The number of aromatic nitrogens is 2. The van der Waals surface area contributed by atoms with Crippen LogP contribution in [0.15, 0.2) is 12.4 Å². The molecule has 116 valence electrons. The van der Waals surface area contributed by atoms with Crippen LogP contribution >= 0.6 is 0 Å². The van der Waals surface area contributed by atoms with Crippen LogP contribution in [0.2, 0.25) is 0 Å². The van der Waals surface area contributed by atoms with Crippen molar-refractivity contribution >= 4 is 11.8 Å². The molecular formula is C14H17N5O3. The molecule has 0 radical (unpaired) electrons. The van der Waals surface area contributed by atoms with Gasteiger partial charge in [0.15, 0.2) is 0 Å². The lowest BCUT2D eigenvalue weighted by molar-refractivity contribution is -0.134. The molecular weight excluding hydrogens is 286 g/mol. The van der Waals surface area contributed by atoms with Gasteiger partial charge in [-0.15, -0.1) is 0 Å². The third-order valence-electron chi connectivity index (χ3n) is 3.27. The molecule has 1 fully saturated rings. The van der Waals surface area contributed by atoms with Gasteiger partial charge in [0.25, 0.3) is 5.88 Å². The number of amides is 2. The molecule has 0 aliphatic carbocycles. The number of likely N-dealkylation sites (tertiary alicyclic amines) is 1. The molecule has 8 nitrogen and oxygen atoms in total. The smallest absolute Gasteiger partial charge is 0.251 e. The number of nitriles is 1. The summed E-state index contributed by atoms with van der Waals surface area (Å²) >= 11 is 0. The second-order valence-corrected chi connectivity index (χ2v) is 4.95. The monoisotopic (exact) mass is 303 g/mol. The Bertz CT molecular complexity index is 598. The van der Waals surface area contributed by atoms with Gasteiger partial charge in [0.1, 0.15) is 12.2 Å². The highest BCUT2D eigenvalue weighted by molar-refractivity contribution is 5.83. The lowest BCUT2D eigenvalue weighted by Gasteiger charge is -2.32. The fraction of sp³-hybridized carbons (Fsp3) is 0.500. The van der Waals surface area contributed by atoms with Crippen molar-refractivity contribution in [1.29, 1.82) is 5.26 Å². The Morgan fingerprint density at radius 1 is 1.50 bits per heavy atom. The Kier molecular flexibility index (Phi) is 5.25. The van der Waals surface area contributed by atoms with E-state index in [1.165, 1.54) is 19.3 Å². The average Bonchev–Trinajstić information content (AvgIpc) is 2.53. The van der Waals surface area contributed by atoms with Crippen LogP contribution in [-0.2, 0) is 9.59 Å². The Morgan fingerprint density at radius 2 is 2.27 bits per heavy atom. The van der Waals surface area contributed by atoms with Gasteiger partial charge >= 0.3 is 0 Å². The molecule has 8 heteroatoms. The van der Waals surface area contributed by atoms with Crippen molar-refractivity contribution in [2.24, 2.45) is 0 Å². The van der Waals surface area contributed by atoms with E-state index in [4.69, 9.17) is 10.00 Å². The summed E-state index contributed by atoms with van der Waals surface area (Å²) in [4.78, 5) is 32.4. The molecule has 1 aromatic heterocycles. The van der Waals surface area contributed by atoms with Crippen LogP contribution < -0.4 is 10.1 Å². The Morgan fingerprint density at radius 3 is 3.00 bits per heavy atom. The standard InChI is InChI=1S/C14H17N5O3/c1-10(20)18-8-13(21)19-6-2-3-11(9-19)22-14-12(7-15)16-4-5-17-14/h4-5,11H,2-3,6,8-9H2,1H3,(H,18,20)/t11-/m0/s1. The summed E-state index contributed by atoms with van der Waals surface area (Å²) < 4.78 is 5.71. The number of ether oxygens (including phenoxy) is 1. The molecule has 2 heterocycles. The first-order chi connectivity index (χ1) is 10.6. The first kappa shape index (κ1) is 15.7. The molecule has 1 N–H and O–H groups in total. The number of rotatable bonds is 4. The average molecular weight is 303 g/mol. The predicted molar refractivity (Wildman–Crippen MR) is 75.7 cm³/mol. The number of nitrogens with one attached hydrogen (secondary N) is 1. The molecule has 1 aromatic rings. The van der Waals surface area contributed by atoms with Crippen molar-refractivity contribution in [3.8, 4) is 11.9 Å². The van der Waals surface area contributed by atoms with Gasteiger partial charge in [-0.3, -0.25) is 9.59 Å². The molecule has 1 saturated heterocycles. The molecule has 1 aliphatic rings. The summed E-state index contributed by atoms with van der Waals surface area (Å²) in [6.45, 7) is 2.38. The Hall–Kier alpha value is -2.69. The van der Waals surface area contributed by atoms with Crippen molar-refractivity contribution in [2.75, 3.05) is 19.6 Å². The summed E-state index contributed by atoms with van der Waals surface area (Å²) in [5.41, 5.74) is 0.129. The van der Waals surface area contributed by atoms with E-state index < -0.39 is 0 Å². The topological polar surface area (TPSA) is 108 Å². The van der Waals surface area contributed by atoms with E-state index in [1.54, 1.807) is 4.90 Å². The van der Waals surface area contributed by atoms with Crippen molar-refractivity contribution < 1.29 is 14.3 Å². The van der Waals surface area contributed by atoms with Gasteiger partial charge in [0, 0.05) is 25.9 Å². The maximum atomic E-state index is 12.0. The van der Waals surface area contributed by atoms with Crippen LogP contribution in [0.4, 0.5) is 0 Å². The number of carbonyl (C=O) groups is 2. The highest BCUT2D eigenvalue weighted by atomic mass is 16.5. The van der Waals surface area contributed by atoms with Gasteiger partial charge in [-0.2, -0.15) is 5.26 Å². The molecule has 2 rings (SSSR count). The molecule has 22 heavy (non-hydrogen) atoms. The highest BCUT2D eigenvalue weighted by Gasteiger charge is 2.26. The Balaban J connectivity index is 1.94. The second-order valence-electron chi connectivity index (χ2n) is 4.95. The lowest BCUT2D eigenvalue weighted by Crippen LogP contribution is -2.47. The zero-order valence-electron chi connectivity index (χ0n) is 12.3. The maximum Gasteiger partial charge on any atom is 0.251 e. The second kappa shape index (κ2) is 7.36. The largest absolute Gasteiger partial charge is 0.470 e. The first-order valence-corrected chi connectivity index (χ1v) is 7.00. The number of piperidine rings is 1. The summed E-state index contributed by atoms with van der Waals surface area (Å²) in [6.07, 6.45) is 4.21. The van der Waals surface area contributed by atoms with Gasteiger partial charge in [0.05, 0.1) is 13.1 Å². The van der Waals surface area contributed by atoms with Crippen LogP contribution in [0, 0.1) is 11.3 Å². The van der Waals surface area contributed by atoms with Gasteiger partial charge in [-0.05, 0) is 12.8 Å². The molecule has 0 unspecified atom stereocenters.